The van der Waals surface area contributed by atoms with Crippen LogP contribution in [0.3, 0.4) is 0 Å². The fourth-order valence-corrected chi connectivity index (χ4v) is 31.9. The van der Waals surface area contributed by atoms with Gasteiger partial charge >= 0.3 is 23.9 Å². The van der Waals surface area contributed by atoms with E-state index in [-0.39, 0.29) is 142 Å². The summed E-state index contributed by atoms with van der Waals surface area (Å²) in [6.45, 7) is 33.0. The van der Waals surface area contributed by atoms with Crippen LogP contribution < -0.4 is 0 Å². The number of allylic oxidation sites excluding steroid dienone is 12. The highest BCUT2D eigenvalue weighted by Gasteiger charge is 2.74. The minimum Gasteiger partial charge on any atom is -0.458 e. The molecule has 4 amide bonds. The molecule has 0 bridgehead atoms. The summed E-state index contributed by atoms with van der Waals surface area (Å²) in [6, 6.07) is 0.337. The van der Waals surface area contributed by atoms with E-state index in [2.05, 4.69) is 107 Å². The van der Waals surface area contributed by atoms with Crippen LogP contribution in [-0.4, -0.2) is 167 Å². The lowest BCUT2D eigenvalue weighted by Gasteiger charge is -2.61. The summed E-state index contributed by atoms with van der Waals surface area (Å²) in [5.41, 5.74) is 2.81. The molecule has 25 atom stereocenters. The number of alkyl halides is 1. The van der Waals surface area contributed by atoms with Crippen molar-refractivity contribution in [1.29, 1.82) is 0 Å². The van der Waals surface area contributed by atoms with E-state index < -0.39 is 27.6 Å². The molecule has 20 heteroatoms. The maximum absolute atomic E-state index is 13.9. The minimum absolute atomic E-state index is 0. The van der Waals surface area contributed by atoms with Gasteiger partial charge in [0.15, 0.2) is 34.2 Å². The van der Waals surface area contributed by atoms with Crippen LogP contribution >= 0.6 is 11.6 Å². The van der Waals surface area contributed by atoms with E-state index >= 15 is 0 Å². The highest BCUT2D eigenvalue weighted by Crippen LogP contribution is 2.74. The molecule has 1 saturated heterocycles. The van der Waals surface area contributed by atoms with Crippen LogP contribution in [0.1, 0.15) is 318 Å². The summed E-state index contributed by atoms with van der Waals surface area (Å²) in [6.07, 6.45) is 43.5. The van der Waals surface area contributed by atoms with Crippen molar-refractivity contribution in [3.63, 3.8) is 0 Å². The molecule has 0 radical (unpaired) electrons. The molecule has 17 aliphatic rings. The second kappa shape index (κ2) is 35.7. The fourth-order valence-electron chi connectivity index (χ4n) is 31.7. The number of amides is 4. The van der Waals surface area contributed by atoms with Crippen molar-refractivity contribution in [3.05, 3.63) is 82.0 Å². The van der Waals surface area contributed by atoms with Gasteiger partial charge in [0, 0.05) is 133 Å². The molecule has 15 aliphatic carbocycles. The summed E-state index contributed by atoms with van der Waals surface area (Å²) in [4.78, 5) is 147. The molecule has 126 heavy (non-hydrogen) atoms. The lowest BCUT2D eigenvalue weighted by molar-refractivity contribution is -0.197. The second-order valence-electron chi connectivity index (χ2n) is 44.2. The van der Waals surface area contributed by atoms with Gasteiger partial charge < -0.3 is 38.5 Å². The Morgan fingerprint density at radius 3 is 1.29 bits per heavy atom. The number of fused-ring (bicyclic) bond motifs is 21. The molecule has 10 fully saturated rings. The average molecular weight is 1760 g/mol. The molecule has 0 N–H and O–H groups in total. The number of hydrogen-bond acceptors (Lipinski definition) is 15. The Balaban J connectivity index is 0.000000152. The zero-order valence-corrected chi connectivity index (χ0v) is 79.7. The first kappa shape index (κ1) is 98.3. The number of carbonyl (C=O) groups excluding carboxylic acids is 11. The van der Waals surface area contributed by atoms with Crippen LogP contribution in [-0.2, 0) is 71.7 Å². The third kappa shape index (κ3) is 15.4. The topological polar surface area (TPSA) is 238 Å². The second-order valence-corrected chi connectivity index (χ2v) is 44.6. The SMILES string of the molecule is C.C.CC(=O)O[C@@]1(C(=O)N(C)C)CCC2C3C=C(C)C4=CC(=O)CC[C@]4(C)C3CC[C@@]21C.CCCCN(C)C(=O)[C@]1(OC(C)=O)CCC2C3C=C(C)C4=CC(=O)CC[C@]4(C)C3CC[C@@]21C.CCN(C)C(=O)[C@]1(OC(=O)CCCCl)CCC2C3C=C(C)C4=CC(=O)CC[C@]4(C)C3CC[C@@]21C.CN1C(=O)C=C[C@]2(C)C3CC[C@@]4(C)C(CC[C@@]45CCCC(=O)O5)C3CCC12. The molecule has 0 aromatic carbocycles. The van der Waals surface area contributed by atoms with Crippen LogP contribution in [0, 0.1) is 114 Å². The molecule has 2 aliphatic heterocycles. The molecule has 1 spiro atoms. The summed E-state index contributed by atoms with van der Waals surface area (Å²) in [5.74, 6) is 5.19. The van der Waals surface area contributed by atoms with Gasteiger partial charge in [0.25, 0.3) is 17.7 Å². The van der Waals surface area contributed by atoms with Crippen LogP contribution in [0.15, 0.2) is 82.0 Å². The number of unbranched alkanes of at least 4 members (excludes halogenated alkanes) is 1. The van der Waals surface area contributed by atoms with Gasteiger partial charge in [-0.15, -0.1) is 11.6 Å². The lowest BCUT2D eigenvalue weighted by atomic mass is 9.47. The molecule has 698 valence electrons. The Kier molecular flexibility index (Phi) is 27.9. The van der Waals surface area contributed by atoms with Gasteiger partial charge in [-0.05, 0) is 316 Å². The van der Waals surface area contributed by atoms with E-state index in [1.807, 2.05) is 50.2 Å². The number of rotatable bonds is 13. The normalized spacial score (nSPS) is 42.0. The van der Waals surface area contributed by atoms with E-state index in [4.69, 9.17) is 30.5 Å². The third-order valence-electron chi connectivity index (χ3n) is 38.4. The lowest BCUT2D eigenvalue weighted by Crippen LogP contribution is -2.61. The Hall–Kier alpha value is -6.76. The van der Waals surface area contributed by atoms with Crippen LogP contribution in [0.2, 0.25) is 0 Å². The number of ether oxygens (including phenoxy) is 4. The van der Waals surface area contributed by atoms with Gasteiger partial charge in [-0.2, -0.15) is 0 Å². The van der Waals surface area contributed by atoms with Crippen molar-refractivity contribution in [2.24, 2.45) is 114 Å². The molecule has 0 aromatic rings. The molecular weight excluding hydrogens is 1600 g/mol. The number of likely N-dealkylation sites (N-methyl/N-ethyl adjacent to an activating group) is 4. The van der Waals surface area contributed by atoms with E-state index in [9.17, 15) is 52.7 Å². The number of halogens is 1. The quantitative estimate of drug-likeness (QED) is 0.0946. The van der Waals surface area contributed by atoms with Crippen molar-refractivity contribution in [3.8, 4) is 0 Å². The van der Waals surface area contributed by atoms with Gasteiger partial charge in [0.1, 0.15) is 5.60 Å². The first-order chi connectivity index (χ1) is 58.3. The standard InChI is InChI=1S/C28H40ClNO4.C28H41NO4.C25H35NO4.C23H33NO3.2CH4/c1-6-30(5)25(33)28(34-24(32)8-7-15-29)14-11-22-20-16-18(2)23-17-19(31)9-12-26(23,3)21(20)10-13-27(22,28)4;1-7-8-15-29(6)25(32)28(33-19(3)30)14-11-23-21-16-18(2)24-17-20(31)9-12-26(24,4)22(21)10-13-27(23,28)5;1-15-13-18-19(23(3)10-7-17(28)14-21(15)23)8-11-24(4)20(18)9-12-25(24,30-16(2)27)22(29)26(5)6;1-21-12-10-19(25)24(3)18(21)7-6-15-16(21)8-13-22(2)17(15)9-14-23(22)11-4-5-20(26)27-23;;/h16-17,20-22H,6-15H2,1-5H3;16-17,21-23H,7-15H2,1-6H3;13-14,18-20H,7-12H2,1-6H3;10,12,15-18H,4-9,11,13-14H2,1-3H3;2*1H4/t20?,21?,22?,26-,27+,28-;21?,22?,23?,26-,27+,28-;18?,19?,20?,23-,24+,25-;15?,16?,17?,18?,21-,22+,23+;;/m1111../s1. The van der Waals surface area contributed by atoms with Crippen molar-refractivity contribution in [2.45, 2.75) is 346 Å². The van der Waals surface area contributed by atoms with E-state index in [1.165, 1.54) is 66.5 Å². The molecule has 2 heterocycles. The number of carbonyl (C=O) groups is 11. The van der Waals surface area contributed by atoms with Crippen molar-refractivity contribution >= 4 is 76.5 Å². The molecule has 19 nitrogen and oxygen atoms in total. The largest absolute Gasteiger partial charge is 0.458 e. The van der Waals surface area contributed by atoms with Gasteiger partial charge in [-0.25, -0.2) is 0 Å². The number of esters is 4. The van der Waals surface area contributed by atoms with Crippen molar-refractivity contribution < 1.29 is 71.7 Å². The van der Waals surface area contributed by atoms with Crippen molar-refractivity contribution in [2.75, 3.05) is 54.2 Å². The zero-order chi connectivity index (χ0) is 90.2. The Morgan fingerprint density at radius 1 is 0.476 bits per heavy atom. The number of nitrogens with zero attached hydrogens (tertiary/aromatic N) is 4. The molecule has 9 saturated carbocycles. The molecule has 0 aromatic heterocycles. The van der Waals surface area contributed by atoms with E-state index in [1.54, 1.807) is 35.8 Å². The number of ketones is 3. The van der Waals surface area contributed by atoms with Crippen LogP contribution in [0.25, 0.3) is 0 Å². The first-order valence-electron chi connectivity index (χ1n) is 48.2. The van der Waals surface area contributed by atoms with E-state index in [0.717, 1.165) is 122 Å². The highest BCUT2D eigenvalue weighted by atomic mass is 35.5. The minimum atomic E-state index is -1.13. The Labute approximate surface area is 760 Å². The predicted molar refractivity (Wildman–Crippen MR) is 492 cm³/mol. The fraction of sp³-hybridized carbons (Fsp3) is 0.764. The Bertz CT molecular complexity index is 4570. The van der Waals surface area contributed by atoms with Gasteiger partial charge in [0.05, 0.1) is 0 Å². The van der Waals surface area contributed by atoms with Crippen LogP contribution in [0.5, 0.6) is 0 Å². The third-order valence-corrected chi connectivity index (χ3v) is 38.7. The first-order valence-corrected chi connectivity index (χ1v) is 48.7. The zero-order valence-electron chi connectivity index (χ0n) is 79.0. The van der Waals surface area contributed by atoms with Gasteiger partial charge in [-0.1, -0.05) is 125 Å². The van der Waals surface area contributed by atoms with Crippen LogP contribution in [0.4, 0.5) is 0 Å². The molecule has 13 unspecified atom stereocenters. The number of hydrogen-bond donors (Lipinski definition) is 0. The van der Waals surface area contributed by atoms with Gasteiger partial charge in [0.2, 0.25) is 5.91 Å². The van der Waals surface area contributed by atoms with Crippen molar-refractivity contribution in [1.82, 2.24) is 19.6 Å². The monoisotopic (exact) mass is 1760 g/mol. The predicted octanol–water partition coefficient (Wildman–Crippen LogP) is 20.1. The summed E-state index contributed by atoms with van der Waals surface area (Å²) < 4.78 is 24.4. The summed E-state index contributed by atoms with van der Waals surface area (Å²) >= 11 is 5.82. The van der Waals surface area contributed by atoms with Gasteiger partial charge in [-0.3, -0.25) is 52.7 Å². The summed E-state index contributed by atoms with van der Waals surface area (Å²) in [5, 5.41) is 0. The maximum atomic E-state index is 13.9. The molecule has 17 rings (SSSR count). The molecular formula is C106H157ClN4O15. The average Bonchev–Trinajstić information content (AvgIpc) is 1.51. The Morgan fingerprint density at radius 2 is 0.881 bits per heavy atom. The summed E-state index contributed by atoms with van der Waals surface area (Å²) in [7, 11) is 9.14. The van der Waals surface area contributed by atoms with E-state index in [0.29, 0.717) is 130 Å². The maximum Gasteiger partial charge on any atom is 0.306 e. The smallest absolute Gasteiger partial charge is 0.306 e. The highest BCUT2D eigenvalue weighted by molar-refractivity contribution is 6.18.